The fourth-order valence-electron chi connectivity index (χ4n) is 2.51. The van der Waals surface area contributed by atoms with E-state index in [0.29, 0.717) is 37.7 Å². The maximum atomic E-state index is 11.3. The monoisotopic (exact) mass is 356 g/mol. The third kappa shape index (κ3) is 4.10. The van der Waals surface area contributed by atoms with Crippen LogP contribution in [0.5, 0.6) is 0 Å². The number of piperazine rings is 1. The largest absolute Gasteiger partial charge is 0.359 e. The Balaban J connectivity index is 1.61. The summed E-state index contributed by atoms with van der Waals surface area (Å²) in [6, 6.07) is 9.26. The van der Waals surface area contributed by atoms with Gasteiger partial charge in [-0.25, -0.2) is 5.14 Å². The molecule has 0 unspecified atom stereocenters. The summed E-state index contributed by atoms with van der Waals surface area (Å²) in [6.07, 6.45) is 0. The number of halogens is 1. The van der Waals surface area contributed by atoms with Crippen molar-refractivity contribution in [3.8, 4) is 11.3 Å². The average Bonchev–Trinajstić information content (AvgIpc) is 2.96. The Bertz CT molecular complexity index is 768. The van der Waals surface area contributed by atoms with E-state index in [0.717, 1.165) is 17.0 Å². The number of benzene rings is 1. The van der Waals surface area contributed by atoms with Crippen molar-refractivity contribution in [2.24, 2.45) is 5.14 Å². The van der Waals surface area contributed by atoms with Gasteiger partial charge in [0.2, 0.25) is 0 Å². The third-order valence-electron chi connectivity index (χ3n) is 3.77. The molecule has 2 heterocycles. The lowest BCUT2D eigenvalue weighted by Gasteiger charge is -2.32. The van der Waals surface area contributed by atoms with E-state index >= 15 is 0 Å². The van der Waals surface area contributed by atoms with Crippen molar-refractivity contribution in [1.29, 1.82) is 0 Å². The Labute approximate surface area is 139 Å². The van der Waals surface area contributed by atoms with Crippen molar-refractivity contribution in [1.82, 2.24) is 14.4 Å². The Hall–Kier alpha value is -1.45. The van der Waals surface area contributed by atoms with Gasteiger partial charge in [0.15, 0.2) is 5.76 Å². The highest BCUT2D eigenvalue weighted by Gasteiger charge is 2.24. The number of nitrogens with two attached hydrogens (primary N) is 1. The minimum atomic E-state index is -3.60. The summed E-state index contributed by atoms with van der Waals surface area (Å²) in [5.74, 6) is 0.735. The van der Waals surface area contributed by atoms with Gasteiger partial charge in [0, 0.05) is 42.8 Å². The Morgan fingerprint density at radius 3 is 2.43 bits per heavy atom. The molecule has 124 valence electrons. The maximum absolute atomic E-state index is 11.3. The van der Waals surface area contributed by atoms with Crippen molar-refractivity contribution in [2.75, 3.05) is 26.2 Å². The number of rotatable bonds is 4. The number of hydrogen-bond donors (Lipinski definition) is 1. The molecule has 0 radical (unpaired) electrons. The third-order valence-corrected chi connectivity index (χ3v) is 5.11. The smallest absolute Gasteiger partial charge is 0.276 e. The first kappa shape index (κ1) is 16.4. The van der Waals surface area contributed by atoms with Crippen LogP contribution in [-0.4, -0.2) is 49.0 Å². The van der Waals surface area contributed by atoms with Crippen LogP contribution < -0.4 is 5.14 Å². The van der Waals surface area contributed by atoms with E-state index in [2.05, 4.69) is 10.1 Å². The van der Waals surface area contributed by atoms with Crippen LogP contribution >= 0.6 is 11.6 Å². The van der Waals surface area contributed by atoms with Gasteiger partial charge in [-0.1, -0.05) is 28.9 Å². The first-order valence-corrected chi connectivity index (χ1v) is 9.02. The fraction of sp³-hybridized carbons (Fsp3) is 0.357. The zero-order valence-corrected chi connectivity index (χ0v) is 13.9. The van der Waals surface area contributed by atoms with Crippen molar-refractivity contribution in [2.45, 2.75) is 6.54 Å². The van der Waals surface area contributed by atoms with E-state index in [9.17, 15) is 8.42 Å². The van der Waals surface area contributed by atoms with Gasteiger partial charge in [0.05, 0.1) is 6.54 Å². The fourth-order valence-corrected chi connectivity index (χ4v) is 3.30. The standard InChI is InChI=1S/C14H17ClN4O3S/c15-12-3-1-11(2-4-12)14-9-13(22-17-14)10-18-5-7-19(8-6-18)23(16,20)21/h1-4,9H,5-8,10H2,(H2,16,20,21). The van der Waals surface area contributed by atoms with E-state index in [4.69, 9.17) is 21.3 Å². The number of aromatic nitrogens is 1. The molecule has 0 amide bonds. The molecule has 1 aromatic heterocycles. The van der Waals surface area contributed by atoms with Crippen LogP contribution in [0.1, 0.15) is 5.76 Å². The topological polar surface area (TPSA) is 92.7 Å². The van der Waals surface area contributed by atoms with E-state index in [1.54, 1.807) is 12.1 Å². The summed E-state index contributed by atoms with van der Waals surface area (Å²) >= 11 is 5.87. The Morgan fingerprint density at radius 1 is 1.17 bits per heavy atom. The van der Waals surface area contributed by atoms with Crippen LogP contribution in [0.25, 0.3) is 11.3 Å². The lowest BCUT2D eigenvalue weighted by atomic mass is 10.1. The predicted octanol–water partition coefficient (Wildman–Crippen LogP) is 1.32. The van der Waals surface area contributed by atoms with Gasteiger partial charge >= 0.3 is 0 Å². The second-order valence-corrected chi connectivity index (χ2v) is 7.39. The summed E-state index contributed by atoms with van der Waals surface area (Å²) in [6.45, 7) is 2.56. The molecule has 2 aromatic rings. The lowest BCUT2D eigenvalue weighted by molar-refractivity contribution is 0.166. The molecule has 0 aliphatic carbocycles. The number of nitrogens with zero attached hydrogens (tertiary/aromatic N) is 3. The van der Waals surface area contributed by atoms with Crippen molar-refractivity contribution >= 4 is 21.8 Å². The molecule has 0 saturated carbocycles. The van der Waals surface area contributed by atoms with Crippen LogP contribution in [0.2, 0.25) is 5.02 Å². The molecule has 0 atom stereocenters. The Morgan fingerprint density at radius 2 is 1.83 bits per heavy atom. The lowest BCUT2D eigenvalue weighted by Crippen LogP contribution is -2.50. The van der Waals surface area contributed by atoms with Gasteiger partial charge in [-0.15, -0.1) is 0 Å². The van der Waals surface area contributed by atoms with Crippen LogP contribution in [0.3, 0.4) is 0 Å². The Kier molecular flexibility index (Phi) is 4.69. The first-order chi connectivity index (χ1) is 10.9. The highest BCUT2D eigenvalue weighted by atomic mass is 35.5. The van der Waals surface area contributed by atoms with Gasteiger partial charge in [0.25, 0.3) is 10.2 Å². The summed E-state index contributed by atoms with van der Waals surface area (Å²) < 4.78 is 29.2. The maximum Gasteiger partial charge on any atom is 0.276 e. The molecule has 1 aromatic carbocycles. The average molecular weight is 357 g/mol. The summed E-state index contributed by atoms with van der Waals surface area (Å²) in [4.78, 5) is 2.10. The molecule has 7 nitrogen and oxygen atoms in total. The van der Waals surface area contributed by atoms with Crippen LogP contribution in [-0.2, 0) is 16.8 Å². The molecule has 1 saturated heterocycles. The minimum Gasteiger partial charge on any atom is -0.359 e. The molecule has 0 bridgehead atoms. The number of hydrogen-bond acceptors (Lipinski definition) is 5. The van der Waals surface area contributed by atoms with Gasteiger partial charge in [0.1, 0.15) is 5.69 Å². The van der Waals surface area contributed by atoms with Crippen molar-refractivity contribution in [3.63, 3.8) is 0 Å². The summed E-state index contributed by atoms with van der Waals surface area (Å²) in [5.41, 5.74) is 1.68. The molecule has 3 rings (SSSR count). The molecular formula is C14H17ClN4O3S. The van der Waals surface area contributed by atoms with E-state index < -0.39 is 10.2 Å². The predicted molar refractivity (Wildman–Crippen MR) is 86.9 cm³/mol. The second-order valence-electron chi connectivity index (χ2n) is 5.41. The van der Waals surface area contributed by atoms with E-state index in [1.165, 1.54) is 4.31 Å². The molecule has 23 heavy (non-hydrogen) atoms. The molecule has 9 heteroatoms. The van der Waals surface area contributed by atoms with E-state index in [-0.39, 0.29) is 0 Å². The van der Waals surface area contributed by atoms with Gasteiger partial charge in [-0.05, 0) is 12.1 Å². The molecule has 1 fully saturated rings. The normalized spacial score (nSPS) is 17.5. The zero-order chi connectivity index (χ0) is 16.4. The van der Waals surface area contributed by atoms with E-state index in [1.807, 2.05) is 18.2 Å². The molecule has 2 N–H and O–H groups in total. The van der Waals surface area contributed by atoms with Gasteiger partial charge < -0.3 is 4.52 Å². The van der Waals surface area contributed by atoms with Gasteiger partial charge in [-0.3, -0.25) is 4.90 Å². The molecule has 1 aliphatic heterocycles. The van der Waals surface area contributed by atoms with Crippen molar-refractivity contribution in [3.05, 3.63) is 41.1 Å². The quantitative estimate of drug-likeness (QED) is 0.891. The second kappa shape index (κ2) is 6.58. The zero-order valence-electron chi connectivity index (χ0n) is 12.4. The van der Waals surface area contributed by atoms with Crippen LogP contribution in [0, 0.1) is 0 Å². The first-order valence-electron chi connectivity index (χ1n) is 7.13. The minimum absolute atomic E-state index is 0.386. The van der Waals surface area contributed by atoms with Crippen molar-refractivity contribution < 1.29 is 12.9 Å². The molecule has 1 aliphatic rings. The molecular weight excluding hydrogens is 340 g/mol. The SMILES string of the molecule is NS(=O)(=O)N1CCN(Cc2cc(-c3ccc(Cl)cc3)no2)CC1. The highest BCUT2D eigenvalue weighted by Crippen LogP contribution is 2.22. The summed E-state index contributed by atoms with van der Waals surface area (Å²) in [5, 5.41) is 9.86. The molecule has 0 spiro atoms. The van der Waals surface area contributed by atoms with Crippen LogP contribution in [0.15, 0.2) is 34.9 Å². The highest BCUT2D eigenvalue weighted by molar-refractivity contribution is 7.86. The van der Waals surface area contributed by atoms with Crippen LogP contribution in [0.4, 0.5) is 0 Å². The van der Waals surface area contributed by atoms with Gasteiger partial charge in [-0.2, -0.15) is 12.7 Å². The summed E-state index contributed by atoms with van der Waals surface area (Å²) in [7, 11) is -3.60.